The second kappa shape index (κ2) is 6.76. The first-order valence-electron chi connectivity index (χ1n) is 8.39. The SMILES string of the molecule is CC(C)c1ccc(S(=O)(=O)N2CCC(N3C(=O)COC3=O)CC2)cc1. The average molecular weight is 366 g/mol. The number of benzene rings is 1. The zero-order valence-corrected chi connectivity index (χ0v) is 15.2. The monoisotopic (exact) mass is 366 g/mol. The zero-order valence-electron chi connectivity index (χ0n) is 14.3. The minimum Gasteiger partial charge on any atom is -0.439 e. The van der Waals surface area contributed by atoms with Crippen LogP contribution in [0.15, 0.2) is 29.2 Å². The molecule has 2 aliphatic rings. The van der Waals surface area contributed by atoms with Crippen molar-refractivity contribution in [2.75, 3.05) is 19.7 Å². The molecular weight excluding hydrogens is 344 g/mol. The Balaban J connectivity index is 1.69. The number of ether oxygens (including phenoxy) is 1. The molecule has 0 saturated carbocycles. The van der Waals surface area contributed by atoms with Gasteiger partial charge in [-0.3, -0.25) is 4.79 Å². The molecule has 1 aromatic rings. The summed E-state index contributed by atoms with van der Waals surface area (Å²) >= 11 is 0. The molecule has 0 radical (unpaired) electrons. The molecule has 1 aromatic carbocycles. The van der Waals surface area contributed by atoms with Crippen molar-refractivity contribution in [1.82, 2.24) is 9.21 Å². The molecule has 0 bridgehead atoms. The highest BCUT2D eigenvalue weighted by Crippen LogP contribution is 2.26. The second-order valence-electron chi connectivity index (χ2n) is 6.68. The molecule has 8 heteroatoms. The van der Waals surface area contributed by atoms with Crippen molar-refractivity contribution in [2.45, 2.75) is 43.5 Å². The van der Waals surface area contributed by atoms with Gasteiger partial charge in [0.1, 0.15) is 0 Å². The van der Waals surface area contributed by atoms with E-state index in [1.165, 1.54) is 4.31 Å². The van der Waals surface area contributed by atoms with Crippen LogP contribution in [0.4, 0.5) is 4.79 Å². The Labute approximate surface area is 147 Å². The van der Waals surface area contributed by atoms with Crippen molar-refractivity contribution >= 4 is 22.0 Å². The molecule has 0 atom stereocenters. The number of carbonyl (C=O) groups excluding carboxylic acids is 2. The third-order valence-corrected chi connectivity index (χ3v) is 6.67. The molecule has 2 fully saturated rings. The van der Waals surface area contributed by atoms with Gasteiger partial charge in [0.05, 0.1) is 4.90 Å². The van der Waals surface area contributed by atoms with Gasteiger partial charge in [-0.25, -0.2) is 18.1 Å². The van der Waals surface area contributed by atoms with Gasteiger partial charge in [-0.1, -0.05) is 26.0 Å². The first-order valence-corrected chi connectivity index (χ1v) is 9.83. The fourth-order valence-corrected chi connectivity index (χ4v) is 4.70. The standard InChI is InChI=1S/C17H22N2O5S/c1-12(2)13-3-5-15(6-4-13)25(22,23)18-9-7-14(8-10-18)19-16(20)11-24-17(19)21/h3-6,12,14H,7-11H2,1-2H3. The Hall–Kier alpha value is -1.93. The third-order valence-electron chi connectivity index (χ3n) is 4.76. The molecule has 2 saturated heterocycles. The smallest absolute Gasteiger partial charge is 0.417 e. The number of nitrogens with zero attached hydrogens (tertiary/aromatic N) is 2. The van der Waals surface area contributed by atoms with Crippen LogP contribution >= 0.6 is 0 Å². The topological polar surface area (TPSA) is 84.0 Å². The predicted molar refractivity (Wildman–Crippen MR) is 90.5 cm³/mol. The van der Waals surface area contributed by atoms with Gasteiger partial charge in [0.2, 0.25) is 10.0 Å². The summed E-state index contributed by atoms with van der Waals surface area (Å²) in [6.07, 6.45) is 0.212. The highest BCUT2D eigenvalue weighted by Gasteiger charge is 2.40. The molecule has 2 heterocycles. The van der Waals surface area contributed by atoms with Gasteiger partial charge < -0.3 is 4.74 Å². The summed E-state index contributed by atoms with van der Waals surface area (Å²) < 4.78 is 31.7. The average Bonchev–Trinajstić information content (AvgIpc) is 2.93. The fourth-order valence-electron chi connectivity index (χ4n) is 3.23. The molecular formula is C17H22N2O5S. The lowest BCUT2D eigenvalue weighted by atomic mass is 10.0. The Kier molecular flexibility index (Phi) is 4.83. The van der Waals surface area contributed by atoms with Crippen LogP contribution in [0.1, 0.15) is 38.2 Å². The largest absolute Gasteiger partial charge is 0.439 e. The van der Waals surface area contributed by atoms with E-state index in [0.717, 1.165) is 10.5 Å². The number of piperidine rings is 1. The summed E-state index contributed by atoms with van der Waals surface area (Å²) in [4.78, 5) is 24.7. The van der Waals surface area contributed by atoms with Crippen LogP contribution in [-0.4, -0.2) is 55.4 Å². The van der Waals surface area contributed by atoms with E-state index in [2.05, 4.69) is 13.8 Å². The molecule has 0 spiro atoms. The lowest BCUT2D eigenvalue weighted by molar-refractivity contribution is -0.127. The third kappa shape index (κ3) is 3.41. The van der Waals surface area contributed by atoms with E-state index in [-0.39, 0.29) is 36.5 Å². The minimum atomic E-state index is -3.56. The summed E-state index contributed by atoms with van der Waals surface area (Å²) in [7, 11) is -3.56. The quantitative estimate of drug-likeness (QED) is 0.813. The molecule has 0 aromatic heterocycles. The molecule has 2 amide bonds. The normalized spacial score (nSPS) is 20.4. The van der Waals surface area contributed by atoms with E-state index in [4.69, 9.17) is 4.74 Å². The van der Waals surface area contributed by atoms with Crippen LogP contribution in [0, 0.1) is 0 Å². The molecule has 0 aliphatic carbocycles. The van der Waals surface area contributed by atoms with E-state index >= 15 is 0 Å². The zero-order chi connectivity index (χ0) is 18.2. The molecule has 7 nitrogen and oxygen atoms in total. The van der Waals surface area contributed by atoms with Crippen LogP contribution in [0.25, 0.3) is 0 Å². The number of imide groups is 1. The molecule has 0 unspecified atom stereocenters. The number of carbonyl (C=O) groups is 2. The first kappa shape index (κ1) is 17.9. The molecule has 0 N–H and O–H groups in total. The van der Waals surface area contributed by atoms with Gasteiger partial charge in [-0.15, -0.1) is 0 Å². The Bertz CT molecular complexity index is 749. The molecule has 2 aliphatic heterocycles. The van der Waals surface area contributed by atoms with E-state index in [9.17, 15) is 18.0 Å². The van der Waals surface area contributed by atoms with Crippen molar-refractivity contribution < 1.29 is 22.7 Å². The molecule has 136 valence electrons. The highest BCUT2D eigenvalue weighted by molar-refractivity contribution is 7.89. The van der Waals surface area contributed by atoms with Gasteiger partial charge in [0.15, 0.2) is 6.61 Å². The Morgan fingerprint density at radius 3 is 2.16 bits per heavy atom. The Morgan fingerprint density at radius 1 is 1.08 bits per heavy atom. The number of sulfonamides is 1. The lowest BCUT2D eigenvalue weighted by Gasteiger charge is -2.34. The van der Waals surface area contributed by atoms with Crippen LogP contribution in [0.3, 0.4) is 0 Å². The number of cyclic esters (lactones) is 1. The van der Waals surface area contributed by atoms with Gasteiger partial charge in [0.25, 0.3) is 5.91 Å². The van der Waals surface area contributed by atoms with Crippen LogP contribution in [0.2, 0.25) is 0 Å². The van der Waals surface area contributed by atoms with Gasteiger partial charge in [-0.2, -0.15) is 4.31 Å². The molecule has 25 heavy (non-hydrogen) atoms. The summed E-state index contributed by atoms with van der Waals surface area (Å²) in [5.41, 5.74) is 1.09. The van der Waals surface area contributed by atoms with Gasteiger partial charge in [-0.05, 0) is 36.5 Å². The van der Waals surface area contributed by atoms with E-state index in [1.54, 1.807) is 12.1 Å². The summed E-state index contributed by atoms with van der Waals surface area (Å²) in [6, 6.07) is 6.65. The maximum Gasteiger partial charge on any atom is 0.417 e. The van der Waals surface area contributed by atoms with Crippen molar-refractivity contribution in [3.05, 3.63) is 29.8 Å². The number of rotatable bonds is 4. The highest BCUT2D eigenvalue weighted by atomic mass is 32.2. The van der Waals surface area contributed by atoms with E-state index < -0.39 is 16.1 Å². The first-order chi connectivity index (χ1) is 11.8. The lowest BCUT2D eigenvalue weighted by Crippen LogP contribution is -2.48. The summed E-state index contributed by atoms with van der Waals surface area (Å²) in [5, 5.41) is 0. The van der Waals surface area contributed by atoms with Crippen molar-refractivity contribution in [2.24, 2.45) is 0 Å². The van der Waals surface area contributed by atoms with E-state index in [1.807, 2.05) is 12.1 Å². The summed E-state index contributed by atoms with van der Waals surface area (Å²) in [6.45, 7) is 4.43. The number of hydrogen-bond acceptors (Lipinski definition) is 5. The van der Waals surface area contributed by atoms with Gasteiger partial charge >= 0.3 is 6.09 Å². The van der Waals surface area contributed by atoms with Crippen molar-refractivity contribution in [3.8, 4) is 0 Å². The van der Waals surface area contributed by atoms with Crippen molar-refractivity contribution in [1.29, 1.82) is 0 Å². The number of amides is 2. The predicted octanol–water partition coefficient (Wildman–Crippen LogP) is 1.94. The molecule has 3 rings (SSSR count). The fraction of sp³-hybridized carbons (Fsp3) is 0.529. The second-order valence-corrected chi connectivity index (χ2v) is 8.62. The maximum absolute atomic E-state index is 12.8. The number of hydrogen-bond donors (Lipinski definition) is 0. The van der Waals surface area contributed by atoms with Gasteiger partial charge in [0, 0.05) is 19.1 Å². The minimum absolute atomic E-state index is 0.223. The van der Waals surface area contributed by atoms with Crippen LogP contribution in [-0.2, 0) is 19.6 Å². The van der Waals surface area contributed by atoms with Crippen LogP contribution < -0.4 is 0 Å². The Morgan fingerprint density at radius 2 is 1.68 bits per heavy atom. The van der Waals surface area contributed by atoms with Crippen molar-refractivity contribution in [3.63, 3.8) is 0 Å². The summed E-state index contributed by atoms with van der Waals surface area (Å²) in [5.74, 6) is -0.0131. The van der Waals surface area contributed by atoms with E-state index in [0.29, 0.717) is 18.8 Å². The maximum atomic E-state index is 12.8. The van der Waals surface area contributed by atoms with Crippen LogP contribution in [0.5, 0.6) is 0 Å².